The normalized spacial score (nSPS) is 16.9. The molecule has 194 valence electrons. The van der Waals surface area contributed by atoms with Crippen LogP contribution in [0.5, 0.6) is 11.5 Å². The number of hydrogen-bond donors (Lipinski definition) is 1. The molecule has 0 bridgehead atoms. The number of carbonyl (C=O) groups is 2. The van der Waals surface area contributed by atoms with Gasteiger partial charge in [-0.25, -0.2) is 9.59 Å². The summed E-state index contributed by atoms with van der Waals surface area (Å²) in [6.45, 7) is 5.31. The van der Waals surface area contributed by atoms with E-state index in [2.05, 4.69) is 5.32 Å². The molecule has 3 aromatic carbocycles. The number of halogens is 2. The molecule has 1 aliphatic carbocycles. The van der Waals surface area contributed by atoms with Crippen LogP contribution in [-0.2, 0) is 27.1 Å². The summed E-state index contributed by atoms with van der Waals surface area (Å²) in [6, 6.07) is 18.8. The van der Waals surface area contributed by atoms with Crippen molar-refractivity contribution in [1.82, 2.24) is 5.32 Å². The van der Waals surface area contributed by atoms with Gasteiger partial charge in [-0.3, -0.25) is 0 Å². The zero-order valence-electron chi connectivity index (χ0n) is 21.2. The maximum atomic E-state index is 12.9. The maximum Gasteiger partial charge on any atom is 0.408 e. The lowest BCUT2D eigenvalue weighted by Crippen LogP contribution is -2.59. The van der Waals surface area contributed by atoms with Crippen molar-refractivity contribution < 1.29 is 23.8 Å². The van der Waals surface area contributed by atoms with Gasteiger partial charge in [0.1, 0.15) is 22.6 Å². The van der Waals surface area contributed by atoms with Crippen LogP contribution in [0.4, 0.5) is 4.79 Å². The van der Waals surface area contributed by atoms with E-state index in [0.717, 1.165) is 22.3 Å². The highest BCUT2D eigenvalue weighted by Gasteiger charge is 2.45. The molecule has 0 heterocycles. The van der Waals surface area contributed by atoms with Gasteiger partial charge in [0.15, 0.2) is 0 Å². The molecule has 4 rings (SSSR count). The Kier molecular flexibility index (Phi) is 7.72. The molecule has 6 nitrogen and oxygen atoms in total. The quantitative estimate of drug-likeness (QED) is 0.341. The summed E-state index contributed by atoms with van der Waals surface area (Å²) in [5.74, 6) is 0.673. The fourth-order valence-corrected chi connectivity index (χ4v) is 4.88. The fourth-order valence-electron chi connectivity index (χ4n) is 4.48. The molecular weight excluding hydrogens is 513 g/mol. The van der Waals surface area contributed by atoms with E-state index in [1.165, 1.54) is 7.11 Å². The van der Waals surface area contributed by atoms with Crippen LogP contribution in [0, 0.1) is 0 Å². The number of fused-ring (bicyclic) bond motifs is 1. The summed E-state index contributed by atoms with van der Waals surface area (Å²) >= 11 is 12.7. The van der Waals surface area contributed by atoms with Gasteiger partial charge in [0, 0.05) is 17.5 Å². The summed E-state index contributed by atoms with van der Waals surface area (Å²) < 4.78 is 16.8. The molecule has 1 N–H and O–H groups in total. The molecule has 37 heavy (non-hydrogen) atoms. The largest absolute Gasteiger partial charge is 0.467 e. The van der Waals surface area contributed by atoms with Crippen molar-refractivity contribution in [2.75, 3.05) is 7.11 Å². The van der Waals surface area contributed by atoms with Gasteiger partial charge in [0.25, 0.3) is 0 Å². The van der Waals surface area contributed by atoms with Crippen molar-refractivity contribution in [3.8, 4) is 22.6 Å². The van der Waals surface area contributed by atoms with Crippen molar-refractivity contribution in [2.24, 2.45) is 0 Å². The smallest absolute Gasteiger partial charge is 0.408 e. The van der Waals surface area contributed by atoms with Crippen molar-refractivity contribution >= 4 is 35.3 Å². The molecule has 1 amide bonds. The number of amides is 1. The van der Waals surface area contributed by atoms with Gasteiger partial charge in [0.2, 0.25) is 0 Å². The van der Waals surface area contributed by atoms with Crippen LogP contribution in [0.1, 0.15) is 38.3 Å². The van der Waals surface area contributed by atoms with Crippen LogP contribution in [-0.4, -0.2) is 30.3 Å². The van der Waals surface area contributed by atoms with E-state index in [1.54, 1.807) is 26.8 Å². The van der Waals surface area contributed by atoms with E-state index in [9.17, 15) is 9.59 Å². The van der Waals surface area contributed by atoms with Crippen LogP contribution in [0.25, 0.3) is 11.1 Å². The van der Waals surface area contributed by atoms with E-state index in [0.29, 0.717) is 34.4 Å². The molecule has 1 unspecified atom stereocenters. The number of aryl methyl sites for hydroxylation is 1. The lowest BCUT2D eigenvalue weighted by atomic mass is 9.78. The molecule has 0 saturated carbocycles. The first kappa shape index (κ1) is 26.8. The second-order valence-electron chi connectivity index (χ2n) is 10.0. The van der Waals surface area contributed by atoms with Crippen LogP contribution in [0.3, 0.4) is 0 Å². The second-order valence-corrected chi connectivity index (χ2v) is 10.8. The third-order valence-corrected chi connectivity index (χ3v) is 6.98. The van der Waals surface area contributed by atoms with Gasteiger partial charge in [-0.15, -0.1) is 0 Å². The first-order valence-electron chi connectivity index (χ1n) is 11.9. The van der Waals surface area contributed by atoms with Crippen molar-refractivity contribution in [2.45, 2.75) is 51.2 Å². The van der Waals surface area contributed by atoms with Crippen LogP contribution in [0.15, 0.2) is 60.7 Å². The molecule has 0 aliphatic heterocycles. The van der Waals surface area contributed by atoms with Crippen molar-refractivity contribution in [3.63, 3.8) is 0 Å². The molecule has 1 atom stereocenters. The Bertz CT molecular complexity index is 1330. The molecule has 0 fully saturated rings. The Morgan fingerprint density at radius 3 is 2.41 bits per heavy atom. The minimum atomic E-state index is -1.24. The molecule has 3 aromatic rings. The zero-order chi connectivity index (χ0) is 26.8. The number of para-hydroxylation sites is 1. The number of hydrogen-bond acceptors (Lipinski definition) is 5. The number of alkyl carbamates (subject to hydrolysis) is 1. The zero-order valence-corrected chi connectivity index (χ0v) is 22.7. The van der Waals surface area contributed by atoms with E-state index < -0.39 is 23.2 Å². The number of nitrogens with one attached hydrogen (secondary N) is 1. The Morgan fingerprint density at radius 1 is 0.946 bits per heavy atom. The summed E-state index contributed by atoms with van der Waals surface area (Å²) in [5.41, 5.74) is 1.56. The Morgan fingerprint density at radius 2 is 1.68 bits per heavy atom. The van der Waals surface area contributed by atoms with Gasteiger partial charge < -0.3 is 19.5 Å². The number of benzene rings is 3. The minimum absolute atomic E-state index is 0.243. The van der Waals surface area contributed by atoms with Crippen LogP contribution < -0.4 is 10.1 Å². The number of methoxy groups -OCH3 is 1. The monoisotopic (exact) mass is 541 g/mol. The Labute approximate surface area is 226 Å². The molecule has 0 aromatic heterocycles. The standard InChI is InChI=1S/C29H29Cl2NO5/c1-28(2,3)37-27(34)32-29(26(33)35-4)15-14-18-12-13-20(16-19(18)17-29)36-24-11-6-5-8-21(24)22-9-7-10-23(30)25(22)31/h5-13,16H,14-15,17H2,1-4H3,(H,32,34). The topological polar surface area (TPSA) is 73.9 Å². The second kappa shape index (κ2) is 10.6. The molecule has 0 radical (unpaired) electrons. The summed E-state index contributed by atoms with van der Waals surface area (Å²) in [5, 5.41) is 3.69. The van der Waals surface area contributed by atoms with E-state index in [4.69, 9.17) is 37.4 Å². The summed E-state index contributed by atoms with van der Waals surface area (Å²) in [6.07, 6.45) is 0.547. The van der Waals surface area contributed by atoms with E-state index >= 15 is 0 Å². The molecule has 0 saturated heterocycles. The molecule has 0 spiro atoms. The number of rotatable bonds is 5. The van der Waals surface area contributed by atoms with Gasteiger partial charge in [0.05, 0.1) is 17.2 Å². The Balaban J connectivity index is 1.64. The first-order valence-corrected chi connectivity index (χ1v) is 12.7. The maximum absolute atomic E-state index is 12.9. The van der Waals surface area contributed by atoms with Crippen LogP contribution >= 0.6 is 23.2 Å². The highest BCUT2D eigenvalue weighted by molar-refractivity contribution is 6.43. The number of ether oxygens (including phenoxy) is 3. The number of esters is 1. The molecule has 8 heteroatoms. The minimum Gasteiger partial charge on any atom is -0.467 e. The summed E-state index contributed by atoms with van der Waals surface area (Å²) in [4.78, 5) is 25.5. The summed E-state index contributed by atoms with van der Waals surface area (Å²) in [7, 11) is 1.31. The SMILES string of the molecule is COC(=O)C1(NC(=O)OC(C)(C)C)CCc2ccc(Oc3ccccc3-c3cccc(Cl)c3Cl)cc2C1. The van der Waals surface area contributed by atoms with Gasteiger partial charge in [-0.05, 0) is 69.0 Å². The van der Waals surface area contributed by atoms with E-state index in [1.807, 2.05) is 54.6 Å². The highest BCUT2D eigenvalue weighted by atomic mass is 35.5. The lowest BCUT2D eigenvalue weighted by molar-refractivity contribution is -0.149. The first-order chi connectivity index (χ1) is 17.5. The highest BCUT2D eigenvalue weighted by Crippen LogP contribution is 2.40. The predicted octanol–water partition coefficient (Wildman–Crippen LogP) is 7.38. The van der Waals surface area contributed by atoms with Crippen LogP contribution in [0.2, 0.25) is 10.0 Å². The average Bonchev–Trinajstić information content (AvgIpc) is 2.84. The third kappa shape index (κ3) is 6.03. The lowest BCUT2D eigenvalue weighted by Gasteiger charge is -2.36. The van der Waals surface area contributed by atoms with Crippen molar-refractivity contribution in [3.05, 3.63) is 81.8 Å². The Hall–Kier alpha value is -3.22. The fraction of sp³-hybridized carbons (Fsp3) is 0.310. The average molecular weight is 542 g/mol. The van der Waals surface area contributed by atoms with Gasteiger partial charge in [-0.2, -0.15) is 0 Å². The van der Waals surface area contributed by atoms with Gasteiger partial charge in [-0.1, -0.05) is 59.6 Å². The third-order valence-electron chi connectivity index (χ3n) is 6.16. The number of carbonyl (C=O) groups excluding carboxylic acids is 2. The predicted molar refractivity (Wildman–Crippen MR) is 145 cm³/mol. The molecule has 1 aliphatic rings. The van der Waals surface area contributed by atoms with Crippen molar-refractivity contribution in [1.29, 1.82) is 0 Å². The van der Waals surface area contributed by atoms with E-state index in [-0.39, 0.29) is 6.42 Å². The van der Waals surface area contributed by atoms with Gasteiger partial charge >= 0.3 is 12.1 Å². The molecular formula is C29H29Cl2NO5.